The molecule has 4 rings (SSSR count). The number of hydrogen-bond donors (Lipinski definition) is 0. The van der Waals surface area contributed by atoms with Gasteiger partial charge in [-0.1, -0.05) is 50.0 Å². The Morgan fingerprint density at radius 2 is 1.83 bits per heavy atom. The van der Waals surface area contributed by atoms with Crippen molar-refractivity contribution >= 4 is 5.97 Å². The highest BCUT2D eigenvalue weighted by Gasteiger charge is 2.43. The summed E-state index contributed by atoms with van der Waals surface area (Å²) in [7, 11) is 0. The molecule has 3 heteroatoms. The third-order valence-corrected chi connectivity index (χ3v) is 9.37. The van der Waals surface area contributed by atoms with E-state index in [1.807, 2.05) is 19.1 Å². The first-order valence-corrected chi connectivity index (χ1v) is 14.3. The van der Waals surface area contributed by atoms with Crippen LogP contribution in [0, 0.1) is 41.3 Å². The van der Waals surface area contributed by atoms with Gasteiger partial charge in [0.15, 0.2) is 11.6 Å². The van der Waals surface area contributed by atoms with Gasteiger partial charge in [-0.2, -0.15) is 0 Å². The molecule has 0 saturated heterocycles. The molecule has 35 heavy (non-hydrogen) atoms. The van der Waals surface area contributed by atoms with Crippen molar-refractivity contribution in [2.75, 3.05) is 0 Å². The van der Waals surface area contributed by atoms with Crippen molar-refractivity contribution in [3.63, 3.8) is 0 Å². The number of esters is 1. The molecule has 0 spiro atoms. The molecule has 2 nitrogen and oxygen atoms in total. The molecular formula is C32H45FO2. The Balaban J connectivity index is 1.30. The van der Waals surface area contributed by atoms with E-state index in [1.54, 1.807) is 6.07 Å². The molecule has 0 heterocycles. The summed E-state index contributed by atoms with van der Waals surface area (Å²) >= 11 is 0. The minimum Gasteiger partial charge on any atom is -0.423 e. The molecule has 0 radical (unpaired) electrons. The number of hydrogen-bond acceptors (Lipinski definition) is 2. The molecule has 0 amide bonds. The van der Waals surface area contributed by atoms with Gasteiger partial charge in [-0.05, 0) is 118 Å². The average molecular weight is 481 g/mol. The first-order valence-electron chi connectivity index (χ1n) is 14.3. The predicted octanol–water partition coefficient (Wildman–Crippen LogP) is 8.85. The summed E-state index contributed by atoms with van der Waals surface area (Å²) in [6.45, 7) is 5.87. The minimum absolute atomic E-state index is 0.0712. The monoisotopic (exact) mass is 480 g/mol. The number of allylic oxidation sites excluding steroid dienone is 3. The van der Waals surface area contributed by atoms with Gasteiger partial charge >= 0.3 is 5.97 Å². The second-order valence-corrected chi connectivity index (χ2v) is 11.5. The van der Waals surface area contributed by atoms with Crippen LogP contribution in [-0.4, -0.2) is 5.97 Å². The van der Waals surface area contributed by atoms with Crippen molar-refractivity contribution in [1.29, 1.82) is 0 Å². The van der Waals surface area contributed by atoms with Crippen LogP contribution in [0.5, 0.6) is 5.75 Å². The van der Waals surface area contributed by atoms with Crippen molar-refractivity contribution < 1.29 is 13.9 Å². The van der Waals surface area contributed by atoms with Crippen molar-refractivity contribution in [2.24, 2.45) is 35.5 Å². The van der Waals surface area contributed by atoms with Gasteiger partial charge in [-0.3, -0.25) is 4.79 Å². The molecular weight excluding hydrogens is 435 g/mol. The summed E-state index contributed by atoms with van der Waals surface area (Å²) in [6, 6.07) is 5.05. The Hall–Kier alpha value is -1.90. The van der Waals surface area contributed by atoms with Crippen LogP contribution < -0.4 is 4.74 Å². The molecule has 0 aliphatic heterocycles. The van der Waals surface area contributed by atoms with Gasteiger partial charge < -0.3 is 4.74 Å². The average Bonchev–Trinajstić information content (AvgIpc) is 2.88. The minimum atomic E-state index is -0.420. The van der Waals surface area contributed by atoms with E-state index in [0.29, 0.717) is 11.8 Å². The van der Waals surface area contributed by atoms with Crippen LogP contribution >= 0.6 is 0 Å². The Labute approximate surface area is 212 Å². The van der Waals surface area contributed by atoms with E-state index >= 15 is 0 Å². The summed E-state index contributed by atoms with van der Waals surface area (Å²) in [5.74, 6) is 3.06. The fourth-order valence-corrected chi connectivity index (χ4v) is 7.41. The van der Waals surface area contributed by atoms with Crippen molar-refractivity contribution in [1.82, 2.24) is 0 Å². The maximum absolute atomic E-state index is 14.7. The molecule has 192 valence electrons. The molecule has 3 fully saturated rings. The largest absolute Gasteiger partial charge is 0.423 e. The fourth-order valence-electron chi connectivity index (χ4n) is 7.41. The number of fused-ring (bicyclic) bond motifs is 1. The van der Waals surface area contributed by atoms with Crippen LogP contribution in [0.2, 0.25) is 0 Å². The third-order valence-electron chi connectivity index (χ3n) is 9.37. The number of rotatable bonds is 9. The zero-order chi connectivity index (χ0) is 24.6. The lowest BCUT2D eigenvalue weighted by molar-refractivity contribution is -0.144. The number of carbonyl (C=O) groups is 1. The van der Waals surface area contributed by atoms with E-state index in [-0.39, 0.29) is 17.6 Å². The maximum Gasteiger partial charge on any atom is 0.314 e. The zero-order valence-corrected chi connectivity index (χ0v) is 21.7. The van der Waals surface area contributed by atoms with E-state index in [2.05, 4.69) is 18.7 Å². The molecule has 1 aromatic carbocycles. The van der Waals surface area contributed by atoms with Crippen molar-refractivity contribution in [3.8, 4) is 5.75 Å². The van der Waals surface area contributed by atoms with E-state index in [4.69, 9.17) is 4.74 Å². The van der Waals surface area contributed by atoms with Crippen LogP contribution in [0.1, 0.15) is 96.0 Å². The van der Waals surface area contributed by atoms with Crippen molar-refractivity contribution in [3.05, 3.63) is 54.4 Å². The summed E-state index contributed by atoms with van der Waals surface area (Å²) in [5.41, 5.74) is 0.936. The summed E-state index contributed by atoms with van der Waals surface area (Å²) in [5, 5.41) is 0. The molecule has 1 aromatic rings. The van der Waals surface area contributed by atoms with Crippen LogP contribution in [-0.2, 0) is 11.2 Å². The molecule has 3 saturated carbocycles. The number of benzene rings is 1. The first kappa shape index (κ1) is 26.2. The third kappa shape index (κ3) is 6.86. The van der Waals surface area contributed by atoms with Gasteiger partial charge in [0, 0.05) is 0 Å². The Morgan fingerprint density at radius 3 is 2.57 bits per heavy atom. The summed E-state index contributed by atoms with van der Waals surface area (Å²) < 4.78 is 20.3. The molecule has 0 aromatic heterocycles. The van der Waals surface area contributed by atoms with Crippen LogP contribution in [0.3, 0.4) is 0 Å². The fraction of sp³-hybridized carbons (Fsp3) is 0.656. The van der Waals surface area contributed by atoms with Gasteiger partial charge in [0.2, 0.25) is 0 Å². The normalized spacial score (nSPS) is 31.1. The highest BCUT2D eigenvalue weighted by atomic mass is 19.1. The number of carbonyl (C=O) groups excluding carboxylic acids is 1. The maximum atomic E-state index is 14.7. The second-order valence-electron chi connectivity index (χ2n) is 11.5. The van der Waals surface area contributed by atoms with Crippen LogP contribution in [0.25, 0.3) is 0 Å². The highest BCUT2D eigenvalue weighted by Crippen LogP contribution is 2.50. The quantitative estimate of drug-likeness (QED) is 0.200. The van der Waals surface area contributed by atoms with E-state index in [9.17, 15) is 9.18 Å². The summed E-state index contributed by atoms with van der Waals surface area (Å²) in [6.07, 6.45) is 22.7. The molecule has 4 unspecified atom stereocenters. The van der Waals surface area contributed by atoms with Crippen molar-refractivity contribution in [2.45, 2.75) is 96.8 Å². The van der Waals surface area contributed by atoms with Gasteiger partial charge in [-0.25, -0.2) is 4.39 Å². The van der Waals surface area contributed by atoms with E-state index < -0.39 is 5.82 Å². The van der Waals surface area contributed by atoms with E-state index in [0.717, 1.165) is 61.8 Å². The van der Waals surface area contributed by atoms with E-state index in [1.165, 1.54) is 57.4 Å². The van der Waals surface area contributed by atoms with Crippen LogP contribution in [0.4, 0.5) is 4.39 Å². The lowest BCUT2D eigenvalue weighted by Crippen LogP contribution is -2.40. The predicted molar refractivity (Wildman–Crippen MR) is 142 cm³/mol. The Kier molecular flexibility index (Phi) is 9.63. The van der Waals surface area contributed by atoms with Gasteiger partial charge in [0.05, 0.1) is 5.92 Å². The smallest absolute Gasteiger partial charge is 0.314 e. The van der Waals surface area contributed by atoms with Gasteiger partial charge in [0.25, 0.3) is 0 Å². The standard InChI is InChI=1S/C32H45FO2/c1-3-5-7-10-24-15-20-31(30(33)21-24)35-32(34)29-12-8-11-27-22-26(18-19-28(27)29)25-16-13-23(14-17-25)9-6-4-2/h3-5,15,20-21,23,25-29H,2,6-14,16-19,22H2,1H3/b5-3+. The first-order chi connectivity index (χ1) is 17.1. The molecule has 0 bridgehead atoms. The molecule has 4 atom stereocenters. The molecule has 3 aliphatic carbocycles. The van der Waals surface area contributed by atoms with Crippen LogP contribution in [0.15, 0.2) is 43.0 Å². The zero-order valence-electron chi connectivity index (χ0n) is 21.7. The lowest BCUT2D eigenvalue weighted by Gasteiger charge is -2.46. The number of aryl methyl sites for hydroxylation is 1. The lowest BCUT2D eigenvalue weighted by atomic mass is 9.59. The summed E-state index contributed by atoms with van der Waals surface area (Å²) in [4.78, 5) is 13.2. The van der Waals surface area contributed by atoms with Gasteiger partial charge in [0.1, 0.15) is 0 Å². The second kappa shape index (κ2) is 12.9. The van der Waals surface area contributed by atoms with Gasteiger partial charge in [-0.15, -0.1) is 6.58 Å². The highest BCUT2D eigenvalue weighted by molar-refractivity contribution is 5.75. The molecule has 0 N–H and O–H groups in total. The number of ether oxygens (including phenoxy) is 1. The Morgan fingerprint density at radius 1 is 1.03 bits per heavy atom. The Bertz CT molecular complexity index is 866. The SMILES string of the molecule is C=CCCC1CCC(C2CCC3C(CCCC3C(=O)Oc3ccc(CC/C=C/C)cc3F)C2)CC1. The topological polar surface area (TPSA) is 26.3 Å². The number of halogens is 1. The molecule has 3 aliphatic rings.